The number of halogens is 1. The van der Waals surface area contributed by atoms with Crippen LogP contribution < -0.4 is 0 Å². The van der Waals surface area contributed by atoms with E-state index in [0.717, 1.165) is 34.8 Å². The fraction of sp³-hybridized carbons (Fsp3) is 0.364. The third-order valence-corrected chi connectivity index (χ3v) is 7.88. The molecule has 1 aliphatic heterocycles. The van der Waals surface area contributed by atoms with Crippen molar-refractivity contribution in [2.45, 2.75) is 37.0 Å². The van der Waals surface area contributed by atoms with Gasteiger partial charge in [-0.1, -0.05) is 35.9 Å². The van der Waals surface area contributed by atoms with E-state index in [0.29, 0.717) is 25.2 Å². The maximum atomic E-state index is 13.2. The first-order valence-corrected chi connectivity index (χ1v) is 11.9. The Morgan fingerprint density at radius 3 is 2.70 bits per heavy atom. The molecule has 8 heteroatoms. The van der Waals surface area contributed by atoms with Crippen LogP contribution in [0.15, 0.2) is 53.6 Å². The Hall–Kier alpha value is -2.22. The van der Waals surface area contributed by atoms with Crippen LogP contribution in [0.3, 0.4) is 0 Å². The Balaban J connectivity index is 1.55. The molecular weight excluding hydrogens is 420 g/mol. The van der Waals surface area contributed by atoms with Gasteiger partial charge < -0.3 is 0 Å². The largest absolute Gasteiger partial charge is 0.274 e. The highest BCUT2D eigenvalue weighted by molar-refractivity contribution is 7.89. The summed E-state index contributed by atoms with van der Waals surface area (Å²) in [5, 5.41) is 4.92. The zero-order valence-electron chi connectivity index (χ0n) is 17.1. The Morgan fingerprint density at radius 1 is 1.17 bits per heavy atom. The van der Waals surface area contributed by atoms with Crippen molar-refractivity contribution in [3.8, 4) is 0 Å². The quantitative estimate of drug-likeness (QED) is 0.597. The Morgan fingerprint density at radius 2 is 1.97 bits per heavy atom. The smallest absolute Gasteiger partial charge is 0.246 e. The van der Waals surface area contributed by atoms with Crippen LogP contribution in [0.5, 0.6) is 0 Å². The average Bonchev–Trinajstić information content (AvgIpc) is 3.09. The second kappa shape index (κ2) is 8.49. The van der Waals surface area contributed by atoms with Crippen molar-refractivity contribution >= 4 is 21.6 Å². The fourth-order valence-electron chi connectivity index (χ4n) is 4.03. The summed E-state index contributed by atoms with van der Waals surface area (Å²) < 4.78 is 29.5. The highest BCUT2D eigenvalue weighted by Crippen LogP contribution is 2.30. The van der Waals surface area contributed by atoms with Crippen molar-refractivity contribution in [2.24, 2.45) is 7.05 Å². The third kappa shape index (κ3) is 4.29. The zero-order chi connectivity index (χ0) is 21.3. The van der Waals surface area contributed by atoms with Gasteiger partial charge in [0.25, 0.3) is 0 Å². The number of rotatable bonds is 5. The SMILES string of the molecule is Cc1nn(C)cc1S(=O)(=O)N1CCC[C@@H](c2cccc(Cc3ccccc3Cl)n2)C1. The van der Waals surface area contributed by atoms with Gasteiger partial charge in [0.2, 0.25) is 10.0 Å². The van der Waals surface area contributed by atoms with Gasteiger partial charge in [-0.05, 0) is 43.5 Å². The standard InChI is InChI=1S/C22H25ClN4O2S/c1-16-22(15-26(2)25-16)30(28,29)27-12-6-8-18(14-27)21-11-5-9-19(24-21)13-17-7-3-4-10-20(17)23/h3-5,7,9-11,15,18H,6,8,12-14H2,1-2H3/t18-/m1/s1. The first-order chi connectivity index (χ1) is 14.3. The van der Waals surface area contributed by atoms with Crippen molar-refractivity contribution in [3.63, 3.8) is 0 Å². The van der Waals surface area contributed by atoms with Gasteiger partial charge in [-0.25, -0.2) is 8.42 Å². The molecule has 3 aromatic rings. The van der Waals surface area contributed by atoms with Crippen LogP contribution in [0, 0.1) is 6.92 Å². The number of nitrogens with zero attached hydrogens (tertiary/aromatic N) is 4. The molecule has 0 saturated carbocycles. The molecule has 0 N–H and O–H groups in total. The van der Waals surface area contributed by atoms with Crippen LogP contribution >= 0.6 is 11.6 Å². The first kappa shape index (κ1) is 21.0. The summed E-state index contributed by atoms with van der Waals surface area (Å²) in [5.41, 5.74) is 3.43. The number of sulfonamides is 1. The summed E-state index contributed by atoms with van der Waals surface area (Å²) in [6, 6.07) is 13.7. The van der Waals surface area contributed by atoms with Gasteiger partial charge in [0.15, 0.2) is 0 Å². The molecule has 158 valence electrons. The third-order valence-electron chi connectivity index (χ3n) is 5.55. The summed E-state index contributed by atoms with van der Waals surface area (Å²) in [5.74, 6) is 0.0664. The van der Waals surface area contributed by atoms with Crippen molar-refractivity contribution in [1.82, 2.24) is 19.1 Å². The monoisotopic (exact) mass is 444 g/mol. The van der Waals surface area contributed by atoms with E-state index in [1.54, 1.807) is 29.2 Å². The molecule has 1 aliphatic rings. The molecule has 0 aliphatic carbocycles. The number of aryl methyl sites for hydroxylation is 2. The van der Waals surface area contributed by atoms with Gasteiger partial charge in [0, 0.05) is 55.1 Å². The predicted octanol–water partition coefficient (Wildman–Crippen LogP) is 3.94. The molecular formula is C22H25ClN4O2S. The van der Waals surface area contributed by atoms with E-state index in [1.807, 2.05) is 42.5 Å². The number of benzene rings is 1. The summed E-state index contributed by atoms with van der Waals surface area (Å²) in [6.07, 6.45) is 3.95. The van der Waals surface area contributed by atoms with Gasteiger partial charge >= 0.3 is 0 Å². The van der Waals surface area contributed by atoms with Crippen molar-refractivity contribution < 1.29 is 8.42 Å². The van der Waals surface area contributed by atoms with Crippen LogP contribution in [0.25, 0.3) is 0 Å². The van der Waals surface area contributed by atoms with Crippen LogP contribution in [-0.2, 0) is 23.5 Å². The van der Waals surface area contributed by atoms with E-state index in [1.165, 1.54) is 0 Å². The number of piperidine rings is 1. The number of hydrogen-bond donors (Lipinski definition) is 0. The number of hydrogen-bond acceptors (Lipinski definition) is 4. The lowest BCUT2D eigenvalue weighted by Crippen LogP contribution is -2.39. The second-order valence-corrected chi connectivity index (χ2v) is 10.1. The minimum atomic E-state index is -3.57. The predicted molar refractivity (Wildman–Crippen MR) is 117 cm³/mol. The van der Waals surface area contributed by atoms with E-state index >= 15 is 0 Å². The molecule has 0 amide bonds. The molecule has 6 nitrogen and oxygen atoms in total. The molecule has 1 saturated heterocycles. The molecule has 1 atom stereocenters. The minimum absolute atomic E-state index is 0.0664. The molecule has 4 rings (SSSR count). The summed E-state index contributed by atoms with van der Waals surface area (Å²) >= 11 is 6.30. The van der Waals surface area contributed by atoms with Crippen LogP contribution in [0.4, 0.5) is 0 Å². The van der Waals surface area contributed by atoms with Gasteiger partial charge in [0.05, 0.1) is 5.69 Å². The van der Waals surface area contributed by atoms with Crippen molar-refractivity contribution in [2.75, 3.05) is 13.1 Å². The normalized spacial score (nSPS) is 17.9. The molecule has 1 aromatic carbocycles. The lowest BCUT2D eigenvalue weighted by atomic mass is 9.95. The summed E-state index contributed by atoms with van der Waals surface area (Å²) in [4.78, 5) is 5.13. The molecule has 2 aromatic heterocycles. The topological polar surface area (TPSA) is 68.1 Å². The second-order valence-electron chi connectivity index (χ2n) is 7.78. The van der Waals surface area contributed by atoms with Gasteiger partial charge in [-0.3, -0.25) is 9.67 Å². The van der Waals surface area contributed by atoms with Crippen LogP contribution in [0.2, 0.25) is 5.02 Å². The lowest BCUT2D eigenvalue weighted by molar-refractivity contribution is 0.312. The van der Waals surface area contributed by atoms with Crippen molar-refractivity contribution in [3.05, 3.63) is 76.3 Å². The summed E-state index contributed by atoms with van der Waals surface area (Å²) in [6.45, 7) is 2.68. The van der Waals surface area contributed by atoms with Crippen LogP contribution in [0.1, 0.15) is 41.4 Å². The highest BCUT2D eigenvalue weighted by atomic mass is 35.5. The Bertz CT molecular complexity index is 1160. The Kier molecular flexibility index (Phi) is 5.95. The van der Waals surface area contributed by atoms with Gasteiger partial charge in [0.1, 0.15) is 4.90 Å². The molecule has 0 bridgehead atoms. The van der Waals surface area contributed by atoms with E-state index in [2.05, 4.69) is 5.10 Å². The number of aromatic nitrogens is 3. The van der Waals surface area contributed by atoms with E-state index < -0.39 is 10.0 Å². The van der Waals surface area contributed by atoms with E-state index in [9.17, 15) is 8.42 Å². The number of pyridine rings is 1. The average molecular weight is 445 g/mol. The maximum Gasteiger partial charge on any atom is 0.246 e. The molecule has 3 heterocycles. The Labute approximate surface area is 182 Å². The van der Waals surface area contributed by atoms with Crippen molar-refractivity contribution in [1.29, 1.82) is 0 Å². The first-order valence-electron chi connectivity index (χ1n) is 10.0. The molecule has 0 radical (unpaired) electrons. The highest BCUT2D eigenvalue weighted by Gasteiger charge is 2.33. The van der Waals surface area contributed by atoms with E-state index in [-0.39, 0.29) is 10.8 Å². The molecule has 30 heavy (non-hydrogen) atoms. The lowest BCUT2D eigenvalue weighted by Gasteiger charge is -2.31. The zero-order valence-corrected chi connectivity index (χ0v) is 18.7. The van der Waals surface area contributed by atoms with Gasteiger partial charge in [-0.2, -0.15) is 9.40 Å². The minimum Gasteiger partial charge on any atom is -0.274 e. The fourth-order valence-corrected chi connectivity index (χ4v) is 5.96. The maximum absolute atomic E-state index is 13.2. The van der Waals surface area contributed by atoms with E-state index in [4.69, 9.17) is 16.6 Å². The molecule has 1 fully saturated rings. The van der Waals surface area contributed by atoms with Gasteiger partial charge in [-0.15, -0.1) is 0 Å². The summed E-state index contributed by atoms with van der Waals surface area (Å²) in [7, 11) is -1.84. The molecule has 0 unspecified atom stereocenters. The molecule has 0 spiro atoms. The van der Waals surface area contributed by atoms with Crippen LogP contribution in [-0.4, -0.2) is 40.6 Å².